The Balaban J connectivity index is 1.83. The minimum Gasteiger partial charge on any atom is -0.310 e. The van der Waals surface area contributed by atoms with E-state index < -0.39 is 0 Å². The summed E-state index contributed by atoms with van der Waals surface area (Å²) in [5.74, 6) is 0. The van der Waals surface area contributed by atoms with Crippen LogP contribution in [0.5, 0.6) is 0 Å². The molecule has 0 aliphatic rings. The van der Waals surface area contributed by atoms with Gasteiger partial charge in [-0.05, 0) is 52.7 Å². The lowest BCUT2D eigenvalue weighted by Crippen LogP contribution is -2.11. The second-order valence-corrected chi connectivity index (χ2v) is 7.09. The van der Waals surface area contributed by atoms with Crippen molar-refractivity contribution in [2.45, 2.75) is 0 Å². The Bertz CT molecular complexity index is 1190. The van der Waals surface area contributed by atoms with Crippen LogP contribution >= 0.6 is 0 Å². The molecule has 0 aromatic heterocycles. The summed E-state index contributed by atoms with van der Waals surface area (Å²) in [7, 11) is 0. The number of para-hydroxylation sites is 2. The third-order valence-corrected chi connectivity index (χ3v) is 5.22. The van der Waals surface area contributed by atoms with Gasteiger partial charge in [-0.3, -0.25) is 0 Å². The molecular weight excluding hydrogens is 350 g/mol. The second-order valence-electron chi connectivity index (χ2n) is 7.09. The van der Waals surface area contributed by atoms with Crippen LogP contribution in [0.4, 0.5) is 17.1 Å². The minimum absolute atomic E-state index is 1.14. The molecule has 0 aliphatic heterocycles. The zero-order valence-corrected chi connectivity index (χ0v) is 16.1. The molecule has 5 rings (SSSR count). The summed E-state index contributed by atoms with van der Waals surface area (Å²) in [6, 6.07) is 44.9. The van der Waals surface area contributed by atoms with E-state index >= 15 is 0 Å². The molecule has 5 aromatic rings. The van der Waals surface area contributed by atoms with Crippen LogP contribution < -0.4 is 4.90 Å². The number of fused-ring (bicyclic) bond motifs is 1. The lowest BCUT2D eigenvalue weighted by molar-refractivity contribution is 1.29. The van der Waals surface area contributed by atoms with Crippen molar-refractivity contribution in [2.24, 2.45) is 0 Å². The van der Waals surface area contributed by atoms with Crippen LogP contribution in [0.1, 0.15) is 0 Å². The molecule has 0 atom stereocenters. The van der Waals surface area contributed by atoms with Crippen molar-refractivity contribution in [3.8, 4) is 11.1 Å². The second kappa shape index (κ2) is 7.65. The number of hydrogen-bond acceptors (Lipinski definition) is 1. The summed E-state index contributed by atoms with van der Waals surface area (Å²) in [6.07, 6.45) is 0. The van der Waals surface area contributed by atoms with E-state index in [1.54, 1.807) is 0 Å². The van der Waals surface area contributed by atoms with Crippen molar-refractivity contribution in [3.05, 3.63) is 127 Å². The number of rotatable bonds is 4. The molecule has 0 unspecified atom stereocenters. The fourth-order valence-corrected chi connectivity index (χ4v) is 3.84. The van der Waals surface area contributed by atoms with E-state index in [1.807, 2.05) is 0 Å². The fraction of sp³-hybridized carbons (Fsp3) is 0. The lowest BCUT2D eigenvalue weighted by Gasteiger charge is -2.28. The zero-order valence-electron chi connectivity index (χ0n) is 16.1. The van der Waals surface area contributed by atoms with Gasteiger partial charge in [0.2, 0.25) is 0 Å². The van der Waals surface area contributed by atoms with E-state index in [0.717, 1.165) is 11.4 Å². The van der Waals surface area contributed by atoms with Crippen LogP contribution in [-0.4, -0.2) is 0 Å². The van der Waals surface area contributed by atoms with Crippen molar-refractivity contribution in [1.82, 2.24) is 0 Å². The molecule has 29 heavy (non-hydrogen) atoms. The molecule has 0 spiro atoms. The molecule has 0 fully saturated rings. The normalized spacial score (nSPS) is 10.8. The first-order chi connectivity index (χ1) is 14.4. The monoisotopic (exact) mass is 371 g/mol. The predicted octanol–water partition coefficient (Wildman–Crippen LogP) is 7.98. The highest BCUT2D eigenvalue weighted by molar-refractivity contribution is 5.98. The third-order valence-electron chi connectivity index (χ3n) is 5.22. The SMILES string of the molecule is c1ccc(-c2cc3ccccc3cc2N(c2ccccc2)c2ccccc2)cc1. The van der Waals surface area contributed by atoms with Crippen LogP contribution in [0.2, 0.25) is 0 Å². The predicted molar refractivity (Wildman–Crippen MR) is 124 cm³/mol. The average molecular weight is 371 g/mol. The van der Waals surface area contributed by atoms with Crippen molar-refractivity contribution >= 4 is 27.8 Å². The molecule has 0 bridgehead atoms. The van der Waals surface area contributed by atoms with Gasteiger partial charge < -0.3 is 4.90 Å². The molecule has 5 aromatic carbocycles. The van der Waals surface area contributed by atoms with E-state index in [9.17, 15) is 0 Å². The van der Waals surface area contributed by atoms with Gasteiger partial charge in [0, 0.05) is 16.9 Å². The first-order valence-corrected chi connectivity index (χ1v) is 9.88. The maximum atomic E-state index is 2.34. The molecule has 0 heterocycles. The van der Waals surface area contributed by atoms with Gasteiger partial charge in [0.1, 0.15) is 0 Å². The van der Waals surface area contributed by atoms with E-state index in [2.05, 4.69) is 132 Å². The Morgan fingerprint density at radius 1 is 0.414 bits per heavy atom. The van der Waals surface area contributed by atoms with Gasteiger partial charge in [-0.2, -0.15) is 0 Å². The molecule has 0 saturated heterocycles. The molecule has 1 nitrogen and oxygen atoms in total. The molecule has 1 heteroatoms. The lowest BCUT2D eigenvalue weighted by atomic mass is 9.97. The summed E-state index contributed by atoms with van der Waals surface area (Å²) in [5.41, 5.74) is 5.90. The number of hydrogen-bond donors (Lipinski definition) is 0. The summed E-state index contributed by atoms with van der Waals surface area (Å²) in [6.45, 7) is 0. The van der Waals surface area contributed by atoms with Crippen molar-refractivity contribution in [3.63, 3.8) is 0 Å². The molecular formula is C28H21N. The summed E-state index contributed by atoms with van der Waals surface area (Å²) < 4.78 is 0. The van der Waals surface area contributed by atoms with Gasteiger partial charge in [0.05, 0.1) is 5.69 Å². The van der Waals surface area contributed by atoms with Crippen LogP contribution in [0.25, 0.3) is 21.9 Å². The van der Waals surface area contributed by atoms with Crippen LogP contribution in [0, 0.1) is 0 Å². The van der Waals surface area contributed by atoms with E-state index in [0.29, 0.717) is 0 Å². The Kier molecular flexibility index (Phi) is 4.56. The van der Waals surface area contributed by atoms with Gasteiger partial charge in [0.15, 0.2) is 0 Å². The standard InChI is InChI=1S/C28H21N/c1-4-12-22(13-5-1)27-20-23-14-10-11-15-24(23)21-28(27)29(25-16-6-2-7-17-25)26-18-8-3-9-19-26/h1-21H. The largest absolute Gasteiger partial charge is 0.310 e. The summed E-state index contributed by atoms with van der Waals surface area (Å²) in [4.78, 5) is 2.34. The first-order valence-electron chi connectivity index (χ1n) is 9.88. The highest BCUT2D eigenvalue weighted by Gasteiger charge is 2.17. The maximum absolute atomic E-state index is 2.34. The van der Waals surface area contributed by atoms with Gasteiger partial charge in [0.25, 0.3) is 0 Å². The molecule has 0 radical (unpaired) electrons. The smallest absolute Gasteiger partial charge is 0.0546 e. The highest BCUT2D eigenvalue weighted by atomic mass is 15.1. The van der Waals surface area contributed by atoms with Gasteiger partial charge in [-0.15, -0.1) is 0 Å². The Labute approximate surface area is 171 Å². The first kappa shape index (κ1) is 17.3. The quantitative estimate of drug-likeness (QED) is 0.309. The molecule has 0 amide bonds. The van der Waals surface area contributed by atoms with Gasteiger partial charge in [-0.1, -0.05) is 91.0 Å². The Hall–Kier alpha value is -3.84. The zero-order chi connectivity index (χ0) is 19.5. The van der Waals surface area contributed by atoms with Crippen molar-refractivity contribution < 1.29 is 0 Å². The Morgan fingerprint density at radius 2 is 0.862 bits per heavy atom. The van der Waals surface area contributed by atoms with Crippen LogP contribution in [-0.2, 0) is 0 Å². The molecule has 0 saturated carbocycles. The molecule has 138 valence electrons. The van der Waals surface area contributed by atoms with E-state index in [1.165, 1.54) is 27.6 Å². The topological polar surface area (TPSA) is 3.24 Å². The minimum atomic E-state index is 1.14. The number of benzene rings is 5. The Morgan fingerprint density at radius 3 is 1.41 bits per heavy atom. The number of anilines is 3. The van der Waals surface area contributed by atoms with Crippen molar-refractivity contribution in [2.75, 3.05) is 4.90 Å². The fourth-order valence-electron chi connectivity index (χ4n) is 3.84. The van der Waals surface area contributed by atoms with Crippen LogP contribution in [0.3, 0.4) is 0 Å². The highest BCUT2D eigenvalue weighted by Crippen LogP contribution is 2.42. The van der Waals surface area contributed by atoms with Crippen LogP contribution in [0.15, 0.2) is 127 Å². The van der Waals surface area contributed by atoms with Gasteiger partial charge in [-0.25, -0.2) is 0 Å². The average Bonchev–Trinajstić information content (AvgIpc) is 2.81. The number of nitrogens with zero attached hydrogens (tertiary/aromatic N) is 1. The molecule has 0 N–H and O–H groups in total. The molecule has 0 aliphatic carbocycles. The summed E-state index contributed by atoms with van der Waals surface area (Å²) >= 11 is 0. The third kappa shape index (κ3) is 3.39. The van der Waals surface area contributed by atoms with Gasteiger partial charge >= 0.3 is 0 Å². The van der Waals surface area contributed by atoms with E-state index in [4.69, 9.17) is 0 Å². The van der Waals surface area contributed by atoms with Crippen molar-refractivity contribution in [1.29, 1.82) is 0 Å². The maximum Gasteiger partial charge on any atom is 0.0546 e. The van der Waals surface area contributed by atoms with E-state index in [-0.39, 0.29) is 0 Å². The summed E-state index contributed by atoms with van der Waals surface area (Å²) in [5, 5.41) is 2.48.